The van der Waals surface area contributed by atoms with Crippen molar-refractivity contribution in [2.45, 2.75) is 13.8 Å². The summed E-state index contributed by atoms with van der Waals surface area (Å²) < 4.78 is 16.8. The molecule has 32 heavy (non-hydrogen) atoms. The van der Waals surface area contributed by atoms with Crippen LogP contribution < -0.4 is 14.9 Å². The quantitative estimate of drug-likeness (QED) is 0.159. The summed E-state index contributed by atoms with van der Waals surface area (Å²) in [5.41, 5.74) is 4.96. The van der Waals surface area contributed by atoms with E-state index >= 15 is 0 Å². The summed E-state index contributed by atoms with van der Waals surface area (Å²) in [4.78, 5) is 24.2. The molecule has 0 bridgehead atoms. The Hall–Kier alpha value is -3.65. The number of hydrogen-bond donors (Lipinski definition) is 1. The van der Waals surface area contributed by atoms with Gasteiger partial charge in [0.15, 0.2) is 6.61 Å². The number of nitrogens with zero attached hydrogens (tertiary/aromatic N) is 1. The summed E-state index contributed by atoms with van der Waals surface area (Å²) in [5.74, 6) is 0.464. The minimum absolute atomic E-state index is 0.181. The van der Waals surface area contributed by atoms with Crippen LogP contribution in [-0.2, 0) is 9.59 Å². The van der Waals surface area contributed by atoms with Gasteiger partial charge in [-0.2, -0.15) is 5.10 Å². The second-order valence-corrected chi connectivity index (χ2v) is 7.65. The van der Waals surface area contributed by atoms with Crippen molar-refractivity contribution < 1.29 is 23.5 Å². The van der Waals surface area contributed by atoms with Crippen molar-refractivity contribution in [1.82, 2.24) is 5.43 Å². The number of carbonyl (C=O) groups is 2. The Morgan fingerprint density at radius 2 is 1.97 bits per heavy atom. The number of hydrogen-bond acceptors (Lipinski definition) is 6. The summed E-state index contributed by atoms with van der Waals surface area (Å²) in [5, 5.41) is 3.94. The number of aryl methyl sites for hydroxylation is 1. The van der Waals surface area contributed by atoms with E-state index in [1.54, 1.807) is 36.4 Å². The lowest BCUT2D eigenvalue weighted by molar-refractivity contribution is -0.129. The van der Waals surface area contributed by atoms with E-state index in [0.717, 1.165) is 15.6 Å². The Labute approximate surface area is 193 Å². The zero-order valence-electron chi connectivity index (χ0n) is 17.5. The normalized spacial score (nSPS) is 11.1. The molecule has 0 saturated heterocycles. The first-order chi connectivity index (χ1) is 15.4. The molecule has 0 atom stereocenters. The van der Waals surface area contributed by atoms with Gasteiger partial charge in [-0.15, -0.1) is 0 Å². The Bertz CT molecular complexity index is 1150. The van der Waals surface area contributed by atoms with Gasteiger partial charge >= 0.3 is 5.97 Å². The van der Waals surface area contributed by atoms with Gasteiger partial charge in [-0.05, 0) is 67.4 Å². The van der Waals surface area contributed by atoms with Gasteiger partial charge < -0.3 is 13.9 Å². The lowest BCUT2D eigenvalue weighted by Crippen LogP contribution is -2.24. The third-order valence-electron chi connectivity index (χ3n) is 4.42. The molecule has 0 unspecified atom stereocenters. The maximum atomic E-state index is 12.1. The highest BCUT2D eigenvalue weighted by molar-refractivity contribution is 9.10. The summed E-state index contributed by atoms with van der Waals surface area (Å²) in [6.45, 7) is 3.72. The van der Waals surface area contributed by atoms with Crippen LogP contribution in [0.4, 0.5) is 0 Å². The Balaban J connectivity index is 1.58. The van der Waals surface area contributed by atoms with Gasteiger partial charge in [0.2, 0.25) is 0 Å². The number of ether oxygens (including phenoxy) is 2. The lowest BCUT2D eigenvalue weighted by Gasteiger charge is -2.10. The number of amides is 1. The van der Waals surface area contributed by atoms with Crippen molar-refractivity contribution in [3.8, 4) is 11.5 Å². The molecule has 0 aliphatic heterocycles. The van der Waals surface area contributed by atoms with Crippen LogP contribution >= 0.6 is 15.9 Å². The number of hydrazone groups is 1. The molecule has 2 aromatic carbocycles. The van der Waals surface area contributed by atoms with Crippen LogP contribution in [0.15, 0.2) is 74.9 Å². The van der Waals surface area contributed by atoms with E-state index in [1.807, 2.05) is 26.0 Å². The third kappa shape index (κ3) is 6.68. The van der Waals surface area contributed by atoms with E-state index in [9.17, 15) is 9.59 Å². The summed E-state index contributed by atoms with van der Waals surface area (Å²) in [6.07, 6.45) is 5.66. The van der Waals surface area contributed by atoms with E-state index < -0.39 is 11.9 Å². The van der Waals surface area contributed by atoms with Crippen molar-refractivity contribution in [2.75, 3.05) is 6.61 Å². The number of halogens is 1. The number of rotatable bonds is 8. The molecular formula is C24H21BrN2O5. The van der Waals surface area contributed by atoms with Gasteiger partial charge in [0.05, 0.1) is 12.5 Å². The summed E-state index contributed by atoms with van der Waals surface area (Å²) in [7, 11) is 0. The number of furan rings is 1. The van der Waals surface area contributed by atoms with E-state index in [-0.39, 0.29) is 12.4 Å². The first-order valence-corrected chi connectivity index (χ1v) is 10.5. The second-order valence-electron chi connectivity index (χ2n) is 6.73. The highest BCUT2D eigenvalue weighted by Crippen LogP contribution is 2.22. The molecule has 3 aromatic rings. The van der Waals surface area contributed by atoms with E-state index in [4.69, 9.17) is 13.9 Å². The monoisotopic (exact) mass is 496 g/mol. The first kappa shape index (κ1) is 23.0. The number of carbonyl (C=O) groups excluding carboxylic acids is 2. The molecule has 1 amide bonds. The third-order valence-corrected chi connectivity index (χ3v) is 4.91. The fourth-order valence-corrected chi connectivity index (χ4v) is 3.00. The minimum atomic E-state index is -0.579. The zero-order valence-corrected chi connectivity index (χ0v) is 19.1. The second kappa shape index (κ2) is 11.1. The molecular weight excluding hydrogens is 476 g/mol. The van der Waals surface area contributed by atoms with E-state index in [0.29, 0.717) is 17.1 Å². The SMILES string of the molecule is Cc1cccc(OCC(=O)N/N=C\c2cc(Br)ccc2OC(=O)/C=C/c2ccco2)c1C. The summed E-state index contributed by atoms with van der Waals surface area (Å²) in [6, 6.07) is 14.1. The highest BCUT2D eigenvalue weighted by atomic mass is 79.9. The molecule has 1 aromatic heterocycles. The highest BCUT2D eigenvalue weighted by Gasteiger charge is 2.08. The largest absolute Gasteiger partial charge is 0.483 e. The van der Waals surface area contributed by atoms with Crippen molar-refractivity contribution in [3.63, 3.8) is 0 Å². The Morgan fingerprint density at radius 3 is 2.75 bits per heavy atom. The maximum Gasteiger partial charge on any atom is 0.336 e. The van der Waals surface area contributed by atoms with E-state index in [2.05, 4.69) is 26.5 Å². The average Bonchev–Trinajstić information content (AvgIpc) is 3.29. The molecule has 1 heterocycles. The first-order valence-electron chi connectivity index (χ1n) is 9.66. The van der Waals surface area contributed by atoms with Crippen LogP contribution in [0.2, 0.25) is 0 Å². The maximum absolute atomic E-state index is 12.1. The van der Waals surface area contributed by atoms with Crippen LogP contribution in [0.5, 0.6) is 11.5 Å². The number of esters is 1. The van der Waals surface area contributed by atoms with Crippen molar-refractivity contribution in [3.05, 3.63) is 87.8 Å². The van der Waals surface area contributed by atoms with Crippen LogP contribution in [0.1, 0.15) is 22.5 Å². The van der Waals surface area contributed by atoms with Crippen molar-refractivity contribution >= 4 is 40.1 Å². The average molecular weight is 497 g/mol. The Morgan fingerprint density at radius 1 is 1.12 bits per heavy atom. The molecule has 0 radical (unpaired) electrons. The zero-order chi connectivity index (χ0) is 22.9. The molecule has 0 aliphatic carbocycles. The van der Waals surface area contributed by atoms with Crippen LogP contribution in [0.3, 0.4) is 0 Å². The summed E-state index contributed by atoms with van der Waals surface area (Å²) >= 11 is 3.37. The molecule has 0 saturated carbocycles. The van der Waals surface area contributed by atoms with Crippen LogP contribution in [0.25, 0.3) is 6.08 Å². The van der Waals surface area contributed by atoms with Crippen LogP contribution in [0, 0.1) is 13.8 Å². The van der Waals surface area contributed by atoms with Gasteiger partial charge in [0.1, 0.15) is 17.3 Å². The number of benzene rings is 2. The Kier molecular flexibility index (Phi) is 7.99. The van der Waals surface area contributed by atoms with Gasteiger partial charge in [0, 0.05) is 16.1 Å². The van der Waals surface area contributed by atoms with Gasteiger partial charge in [-0.1, -0.05) is 28.1 Å². The smallest absolute Gasteiger partial charge is 0.336 e. The molecule has 3 rings (SSSR count). The lowest BCUT2D eigenvalue weighted by atomic mass is 10.1. The van der Waals surface area contributed by atoms with Gasteiger partial charge in [-0.3, -0.25) is 4.79 Å². The minimum Gasteiger partial charge on any atom is -0.483 e. The predicted molar refractivity (Wildman–Crippen MR) is 125 cm³/mol. The van der Waals surface area contributed by atoms with E-state index in [1.165, 1.54) is 24.6 Å². The van der Waals surface area contributed by atoms with Gasteiger partial charge in [-0.25, -0.2) is 10.2 Å². The molecule has 7 nitrogen and oxygen atoms in total. The fraction of sp³-hybridized carbons (Fsp3) is 0.125. The molecule has 0 fully saturated rings. The molecule has 164 valence electrons. The topological polar surface area (TPSA) is 90.1 Å². The predicted octanol–water partition coefficient (Wildman–Crippen LogP) is 4.81. The number of nitrogens with one attached hydrogen (secondary N) is 1. The molecule has 8 heteroatoms. The molecule has 1 N–H and O–H groups in total. The van der Waals surface area contributed by atoms with Crippen molar-refractivity contribution in [1.29, 1.82) is 0 Å². The standard InChI is InChI=1S/C24H21BrN2O5/c1-16-5-3-7-21(17(16)2)31-15-23(28)27-26-14-18-13-19(25)8-10-22(18)32-24(29)11-9-20-6-4-12-30-20/h3-14H,15H2,1-2H3,(H,27,28)/b11-9+,26-14-. The van der Waals surface area contributed by atoms with Crippen LogP contribution in [-0.4, -0.2) is 24.7 Å². The van der Waals surface area contributed by atoms with Crippen molar-refractivity contribution in [2.24, 2.45) is 5.10 Å². The molecule has 0 spiro atoms. The fourth-order valence-electron chi connectivity index (χ4n) is 2.62. The van der Waals surface area contributed by atoms with Gasteiger partial charge in [0.25, 0.3) is 5.91 Å². The molecule has 0 aliphatic rings.